The summed E-state index contributed by atoms with van der Waals surface area (Å²) in [6.45, 7) is 4.67. The zero-order chi connectivity index (χ0) is 12.0. The lowest BCUT2D eigenvalue weighted by Gasteiger charge is -2.23. The third kappa shape index (κ3) is 5.30. The van der Waals surface area contributed by atoms with Gasteiger partial charge in [-0.05, 0) is 32.2 Å². The predicted molar refractivity (Wildman–Crippen MR) is 68.4 cm³/mol. The van der Waals surface area contributed by atoms with E-state index in [0.717, 1.165) is 12.5 Å². The largest absolute Gasteiger partial charge is 0.313 e. The summed E-state index contributed by atoms with van der Waals surface area (Å²) in [5, 5.41) is 3.36. The molecule has 0 spiro atoms. The standard InChI is InChI=1S/C12H25NO2S/c1-3-16(14,15)10-11(2)13-9-12-7-5-4-6-8-12/h11-13H,3-10H2,1-2H3/t11-/m0/s1. The maximum absolute atomic E-state index is 11.4. The fourth-order valence-corrected chi connectivity index (χ4v) is 3.43. The number of rotatable bonds is 6. The molecule has 4 heteroatoms. The molecule has 0 aliphatic heterocycles. The van der Waals surface area contributed by atoms with Crippen LogP contribution in [0.3, 0.4) is 0 Å². The molecule has 1 N–H and O–H groups in total. The third-order valence-corrected chi connectivity index (χ3v) is 5.31. The molecule has 1 fully saturated rings. The smallest absolute Gasteiger partial charge is 0.151 e. The second-order valence-corrected chi connectivity index (χ2v) is 7.41. The molecule has 96 valence electrons. The summed E-state index contributed by atoms with van der Waals surface area (Å²) in [5.41, 5.74) is 0. The SMILES string of the molecule is CCS(=O)(=O)C[C@H](C)NCC1CCCCC1. The van der Waals surface area contributed by atoms with Crippen LogP contribution in [0.25, 0.3) is 0 Å². The second kappa shape index (κ2) is 6.60. The first-order chi connectivity index (χ1) is 7.53. The molecule has 0 saturated heterocycles. The van der Waals surface area contributed by atoms with Gasteiger partial charge < -0.3 is 5.32 Å². The van der Waals surface area contributed by atoms with Gasteiger partial charge in [-0.2, -0.15) is 0 Å². The molecule has 1 saturated carbocycles. The van der Waals surface area contributed by atoms with Crippen molar-refractivity contribution in [3.05, 3.63) is 0 Å². The van der Waals surface area contributed by atoms with Crippen molar-refractivity contribution < 1.29 is 8.42 Å². The molecular formula is C12H25NO2S. The van der Waals surface area contributed by atoms with Crippen LogP contribution in [0, 0.1) is 5.92 Å². The quantitative estimate of drug-likeness (QED) is 0.780. The molecule has 3 nitrogen and oxygen atoms in total. The first kappa shape index (κ1) is 14.0. The van der Waals surface area contributed by atoms with Crippen molar-refractivity contribution in [2.75, 3.05) is 18.1 Å². The van der Waals surface area contributed by atoms with E-state index in [2.05, 4.69) is 5.32 Å². The van der Waals surface area contributed by atoms with Gasteiger partial charge in [0.2, 0.25) is 0 Å². The maximum atomic E-state index is 11.4. The normalized spacial score (nSPS) is 20.9. The Morgan fingerprint density at radius 1 is 1.25 bits per heavy atom. The van der Waals surface area contributed by atoms with E-state index in [9.17, 15) is 8.42 Å². The van der Waals surface area contributed by atoms with Gasteiger partial charge in [-0.3, -0.25) is 0 Å². The lowest BCUT2D eigenvalue weighted by molar-refractivity contribution is 0.334. The van der Waals surface area contributed by atoms with Crippen molar-refractivity contribution in [1.82, 2.24) is 5.32 Å². The first-order valence-electron chi connectivity index (χ1n) is 6.47. The third-order valence-electron chi connectivity index (χ3n) is 3.42. The molecule has 0 aromatic heterocycles. The van der Waals surface area contributed by atoms with Crippen LogP contribution < -0.4 is 5.32 Å². The van der Waals surface area contributed by atoms with E-state index in [4.69, 9.17) is 0 Å². The van der Waals surface area contributed by atoms with E-state index in [1.165, 1.54) is 32.1 Å². The average molecular weight is 247 g/mol. The Morgan fingerprint density at radius 3 is 2.44 bits per heavy atom. The summed E-state index contributed by atoms with van der Waals surface area (Å²) in [5.74, 6) is 1.29. The molecule has 0 radical (unpaired) electrons. The number of nitrogens with one attached hydrogen (secondary N) is 1. The second-order valence-electron chi connectivity index (χ2n) is 5.01. The van der Waals surface area contributed by atoms with E-state index in [1.807, 2.05) is 6.92 Å². The van der Waals surface area contributed by atoms with Gasteiger partial charge in [0.1, 0.15) is 0 Å². The van der Waals surface area contributed by atoms with Gasteiger partial charge in [0.25, 0.3) is 0 Å². The molecule has 16 heavy (non-hydrogen) atoms. The minimum absolute atomic E-state index is 0.0897. The molecule has 0 unspecified atom stereocenters. The van der Waals surface area contributed by atoms with E-state index in [-0.39, 0.29) is 17.5 Å². The van der Waals surface area contributed by atoms with Crippen molar-refractivity contribution in [2.24, 2.45) is 5.92 Å². The molecule has 0 amide bonds. The zero-order valence-electron chi connectivity index (χ0n) is 10.5. The van der Waals surface area contributed by atoms with Gasteiger partial charge in [0.05, 0.1) is 5.75 Å². The summed E-state index contributed by atoms with van der Waals surface area (Å²) in [6.07, 6.45) is 6.67. The van der Waals surface area contributed by atoms with Crippen LogP contribution in [0.5, 0.6) is 0 Å². The summed E-state index contributed by atoms with van der Waals surface area (Å²) in [7, 11) is -2.83. The van der Waals surface area contributed by atoms with E-state index in [0.29, 0.717) is 0 Å². The highest BCUT2D eigenvalue weighted by Gasteiger charge is 2.16. The molecule has 1 aliphatic carbocycles. The Bertz CT molecular complexity index is 281. The minimum Gasteiger partial charge on any atom is -0.313 e. The highest BCUT2D eigenvalue weighted by molar-refractivity contribution is 7.91. The van der Waals surface area contributed by atoms with Crippen LogP contribution in [0.4, 0.5) is 0 Å². The van der Waals surface area contributed by atoms with E-state index in [1.54, 1.807) is 6.92 Å². The van der Waals surface area contributed by atoms with Gasteiger partial charge in [-0.25, -0.2) is 8.42 Å². The Labute approximate surface area is 99.9 Å². The molecule has 1 aliphatic rings. The topological polar surface area (TPSA) is 46.2 Å². The van der Waals surface area contributed by atoms with Gasteiger partial charge in [-0.1, -0.05) is 26.2 Å². The lowest BCUT2D eigenvalue weighted by atomic mass is 9.89. The van der Waals surface area contributed by atoms with E-state index < -0.39 is 9.84 Å². The minimum atomic E-state index is -2.83. The first-order valence-corrected chi connectivity index (χ1v) is 8.29. The van der Waals surface area contributed by atoms with Gasteiger partial charge in [0.15, 0.2) is 9.84 Å². The lowest BCUT2D eigenvalue weighted by Crippen LogP contribution is -2.37. The Kier molecular flexibility index (Phi) is 5.76. The molecule has 1 rings (SSSR count). The summed E-state index contributed by atoms with van der Waals surface area (Å²) >= 11 is 0. The van der Waals surface area contributed by atoms with Crippen LogP contribution in [-0.4, -0.2) is 32.5 Å². The fraction of sp³-hybridized carbons (Fsp3) is 1.00. The molecule has 1 atom stereocenters. The number of sulfone groups is 1. The van der Waals surface area contributed by atoms with Crippen molar-refractivity contribution >= 4 is 9.84 Å². The number of hydrogen-bond donors (Lipinski definition) is 1. The van der Waals surface area contributed by atoms with Crippen molar-refractivity contribution in [1.29, 1.82) is 0 Å². The maximum Gasteiger partial charge on any atom is 0.151 e. The van der Waals surface area contributed by atoms with Crippen LogP contribution >= 0.6 is 0 Å². The monoisotopic (exact) mass is 247 g/mol. The Morgan fingerprint density at radius 2 is 1.88 bits per heavy atom. The number of hydrogen-bond acceptors (Lipinski definition) is 3. The van der Waals surface area contributed by atoms with Gasteiger partial charge >= 0.3 is 0 Å². The zero-order valence-corrected chi connectivity index (χ0v) is 11.4. The van der Waals surface area contributed by atoms with Crippen LogP contribution in [0.15, 0.2) is 0 Å². The average Bonchev–Trinajstić information content (AvgIpc) is 2.27. The summed E-state index contributed by atoms with van der Waals surface area (Å²) in [6, 6.07) is 0.0897. The molecule has 0 aromatic carbocycles. The summed E-state index contributed by atoms with van der Waals surface area (Å²) < 4.78 is 22.8. The highest BCUT2D eigenvalue weighted by Crippen LogP contribution is 2.22. The fourth-order valence-electron chi connectivity index (χ4n) is 2.32. The van der Waals surface area contributed by atoms with Crippen LogP contribution in [0.1, 0.15) is 46.0 Å². The van der Waals surface area contributed by atoms with E-state index >= 15 is 0 Å². The highest BCUT2D eigenvalue weighted by atomic mass is 32.2. The van der Waals surface area contributed by atoms with Crippen molar-refractivity contribution in [3.63, 3.8) is 0 Å². The van der Waals surface area contributed by atoms with Crippen molar-refractivity contribution in [2.45, 2.75) is 52.0 Å². The molecular weight excluding hydrogens is 222 g/mol. The Balaban J connectivity index is 2.21. The molecule has 0 heterocycles. The predicted octanol–water partition coefficient (Wildman–Crippen LogP) is 1.98. The Hall–Kier alpha value is -0.0900. The molecule has 0 aromatic rings. The van der Waals surface area contributed by atoms with Crippen LogP contribution in [0.2, 0.25) is 0 Å². The summed E-state index contributed by atoms with van der Waals surface area (Å²) in [4.78, 5) is 0. The van der Waals surface area contributed by atoms with Crippen molar-refractivity contribution in [3.8, 4) is 0 Å². The van der Waals surface area contributed by atoms with Gasteiger partial charge in [-0.15, -0.1) is 0 Å². The van der Waals surface area contributed by atoms with Gasteiger partial charge in [0, 0.05) is 11.8 Å². The van der Waals surface area contributed by atoms with Crippen LogP contribution in [-0.2, 0) is 9.84 Å². The molecule has 0 bridgehead atoms.